The van der Waals surface area contributed by atoms with Crippen LogP contribution in [0.1, 0.15) is 45.4 Å². The second kappa shape index (κ2) is 67.2. The molecule has 0 spiro atoms. The predicted octanol–water partition coefficient (Wildman–Crippen LogP) is 2.67. The summed E-state index contributed by atoms with van der Waals surface area (Å²) in [5.74, 6) is 0. The number of hydrogen-bond donors (Lipinski definition) is 1. The van der Waals surface area contributed by atoms with Crippen molar-refractivity contribution in [3.05, 3.63) is 0 Å². The van der Waals surface area contributed by atoms with Crippen LogP contribution < -0.4 is 0 Å². The van der Waals surface area contributed by atoms with E-state index in [1.165, 1.54) is 32.1 Å². The van der Waals surface area contributed by atoms with Gasteiger partial charge in [0, 0.05) is 6.61 Å². The first kappa shape index (κ1) is 68.2. The highest BCUT2D eigenvalue weighted by molar-refractivity contribution is 4.45. The zero-order chi connectivity index (χ0) is 49.4. The topological polar surface area (TPSA) is 205 Å². The van der Waals surface area contributed by atoms with Crippen LogP contribution in [0.25, 0.3) is 0 Å². The van der Waals surface area contributed by atoms with Crippen LogP contribution in [0.2, 0.25) is 0 Å². The van der Waals surface area contributed by atoms with Crippen LogP contribution in [0.5, 0.6) is 0 Å². The van der Waals surface area contributed by atoms with Crippen molar-refractivity contribution >= 4 is 0 Å². The van der Waals surface area contributed by atoms with Gasteiger partial charge in [-0.2, -0.15) is 0 Å². The Kier molecular flexibility index (Phi) is 66.3. The zero-order valence-electron chi connectivity index (χ0n) is 42.8. The van der Waals surface area contributed by atoms with Gasteiger partial charge in [0.05, 0.1) is 264 Å². The fraction of sp³-hybridized carbons (Fsp3) is 1.00. The van der Waals surface area contributed by atoms with Gasteiger partial charge in [0.15, 0.2) is 0 Å². The minimum atomic E-state index is 0.0202. The molecule has 0 aliphatic heterocycles. The summed E-state index contributed by atoms with van der Waals surface area (Å²) >= 11 is 0. The number of unbranched alkanes of at least 4 members (excludes halogenated alkanes) is 5. The van der Waals surface area contributed by atoms with E-state index >= 15 is 0 Å². The minimum absolute atomic E-state index is 0.0202. The summed E-state index contributed by atoms with van der Waals surface area (Å²) in [5.41, 5.74) is 0. The zero-order valence-corrected chi connectivity index (χ0v) is 42.8. The molecule has 21 heteroatoms. The van der Waals surface area contributed by atoms with Crippen LogP contribution >= 0.6 is 0 Å². The number of aliphatic hydroxyl groups is 1. The van der Waals surface area contributed by atoms with Gasteiger partial charge >= 0.3 is 0 Å². The summed E-state index contributed by atoms with van der Waals surface area (Å²) in [7, 11) is 0. The summed E-state index contributed by atoms with van der Waals surface area (Å²) in [6.07, 6.45) is 7.65. The molecule has 0 saturated carbocycles. The normalized spacial score (nSPS) is 11.7. The first-order valence-corrected chi connectivity index (χ1v) is 25.6. The van der Waals surface area contributed by atoms with Crippen LogP contribution in [0.4, 0.5) is 0 Å². The quantitative estimate of drug-likeness (QED) is 0.0870. The summed E-state index contributed by atoms with van der Waals surface area (Å²) in [6, 6.07) is 0. The smallest absolute Gasteiger partial charge is 0.0701 e. The van der Waals surface area contributed by atoms with Gasteiger partial charge in [0.2, 0.25) is 0 Å². The van der Waals surface area contributed by atoms with Crippen molar-refractivity contribution in [2.24, 2.45) is 0 Å². The number of ether oxygens (including phenoxy) is 20. The average molecular weight is 1010 g/mol. The molecule has 0 aromatic carbocycles. The van der Waals surface area contributed by atoms with E-state index in [1.54, 1.807) is 0 Å². The molecule has 0 radical (unpaired) electrons. The van der Waals surface area contributed by atoms with Crippen molar-refractivity contribution in [1.82, 2.24) is 0 Å². The molecule has 0 unspecified atom stereocenters. The van der Waals surface area contributed by atoms with E-state index in [9.17, 15) is 0 Å². The molecule has 0 fully saturated rings. The second-order valence-corrected chi connectivity index (χ2v) is 14.7. The monoisotopic (exact) mass is 1010 g/mol. The van der Waals surface area contributed by atoms with E-state index in [2.05, 4.69) is 6.92 Å². The van der Waals surface area contributed by atoms with E-state index in [0.717, 1.165) is 13.0 Å². The highest BCUT2D eigenvalue weighted by atomic mass is 16.6. The Labute approximate surface area is 415 Å². The lowest BCUT2D eigenvalue weighted by Gasteiger charge is -2.09. The second-order valence-electron chi connectivity index (χ2n) is 14.7. The molecule has 0 amide bonds. The average Bonchev–Trinajstić information content (AvgIpc) is 3.36. The fourth-order valence-electron chi connectivity index (χ4n) is 5.33. The van der Waals surface area contributed by atoms with Crippen LogP contribution in [0.15, 0.2) is 0 Å². The number of aliphatic hydroxyl groups excluding tert-OH is 1. The number of hydrogen-bond acceptors (Lipinski definition) is 21. The molecule has 416 valence electrons. The van der Waals surface area contributed by atoms with Gasteiger partial charge in [-0.1, -0.05) is 39.0 Å². The largest absolute Gasteiger partial charge is 0.394 e. The first-order valence-electron chi connectivity index (χ1n) is 25.6. The molecule has 0 atom stereocenters. The van der Waals surface area contributed by atoms with Crippen LogP contribution in [-0.4, -0.2) is 276 Å². The van der Waals surface area contributed by atoms with Gasteiger partial charge in [-0.3, -0.25) is 0 Å². The Morgan fingerprint density at radius 1 is 0.159 bits per heavy atom. The molecule has 0 heterocycles. The van der Waals surface area contributed by atoms with E-state index in [-0.39, 0.29) is 6.61 Å². The predicted molar refractivity (Wildman–Crippen MR) is 257 cm³/mol. The van der Waals surface area contributed by atoms with Crippen LogP contribution in [0, 0.1) is 0 Å². The summed E-state index contributed by atoms with van der Waals surface area (Å²) < 4.78 is 110. The van der Waals surface area contributed by atoms with Crippen molar-refractivity contribution in [2.75, 3.05) is 271 Å². The molecule has 0 aliphatic rings. The standard InChI is InChI=1S/C48H98O21/c1-2-3-4-5-6-7-9-50-11-13-52-15-17-54-19-21-56-23-25-58-27-29-60-31-33-62-35-37-64-39-41-66-43-45-68-47-48-69-46-44-67-42-40-65-38-36-63-34-32-61-30-28-59-26-24-57-22-20-55-18-16-53-14-12-51-10-8-49/h49H,2-48H2,1H3. The van der Waals surface area contributed by atoms with Gasteiger partial charge in [-0.15, -0.1) is 0 Å². The molecule has 0 aromatic heterocycles. The number of rotatable bonds is 66. The van der Waals surface area contributed by atoms with E-state index in [0.29, 0.717) is 258 Å². The maximum absolute atomic E-state index is 8.60. The van der Waals surface area contributed by atoms with E-state index in [4.69, 9.17) is 99.8 Å². The van der Waals surface area contributed by atoms with Gasteiger partial charge in [-0.05, 0) is 6.42 Å². The minimum Gasteiger partial charge on any atom is -0.394 e. The molecule has 1 N–H and O–H groups in total. The third kappa shape index (κ3) is 67.2. The molecule has 0 rings (SSSR count). The van der Waals surface area contributed by atoms with Gasteiger partial charge < -0.3 is 99.8 Å². The summed E-state index contributed by atoms with van der Waals surface area (Å²) in [6.45, 7) is 22.7. The molecule has 69 heavy (non-hydrogen) atoms. The summed E-state index contributed by atoms with van der Waals surface area (Å²) in [5, 5.41) is 8.60. The Hall–Kier alpha value is -0.840. The van der Waals surface area contributed by atoms with Crippen molar-refractivity contribution in [2.45, 2.75) is 45.4 Å². The lowest BCUT2D eigenvalue weighted by atomic mass is 10.1. The maximum Gasteiger partial charge on any atom is 0.0701 e. The molecule has 0 aliphatic carbocycles. The van der Waals surface area contributed by atoms with Gasteiger partial charge in [0.1, 0.15) is 0 Å². The van der Waals surface area contributed by atoms with Crippen molar-refractivity contribution in [3.63, 3.8) is 0 Å². The van der Waals surface area contributed by atoms with Crippen molar-refractivity contribution in [3.8, 4) is 0 Å². The maximum atomic E-state index is 8.60. The Balaban J connectivity index is 3.07. The summed E-state index contributed by atoms with van der Waals surface area (Å²) in [4.78, 5) is 0. The van der Waals surface area contributed by atoms with E-state index in [1.807, 2.05) is 0 Å². The SMILES string of the molecule is CCCCCCCCOCCOCCOCCOCCOCCOCCOCCOCCOCCOCCOCCOCCOCCOCCOCCOCCOCCOCCOCCOCCO. The lowest BCUT2D eigenvalue weighted by Crippen LogP contribution is -2.16. The lowest BCUT2D eigenvalue weighted by molar-refractivity contribution is -0.0315. The fourth-order valence-corrected chi connectivity index (χ4v) is 5.33. The Bertz CT molecular complexity index is 808. The third-order valence-electron chi connectivity index (χ3n) is 8.95. The Morgan fingerprint density at radius 2 is 0.290 bits per heavy atom. The molecular weight excluding hydrogens is 913 g/mol. The molecular formula is C48H98O21. The highest BCUT2D eigenvalue weighted by Crippen LogP contribution is 2.04. The van der Waals surface area contributed by atoms with Crippen molar-refractivity contribution in [1.29, 1.82) is 0 Å². The molecule has 0 aromatic rings. The van der Waals surface area contributed by atoms with Crippen LogP contribution in [-0.2, 0) is 94.7 Å². The highest BCUT2D eigenvalue weighted by Gasteiger charge is 1.99. The first-order chi connectivity index (χ1) is 34.4. The Morgan fingerprint density at radius 3 is 0.449 bits per heavy atom. The third-order valence-corrected chi connectivity index (χ3v) is 8.95. The molecule has 0 bridgehead atoms. The molecule has 0 saturated heterocycles. The van der Waals surface area contributed by atoms with Gasteiger partial charge in [-0.25, -0.2) is 0 Å². The van der Waals surface area contributed by atoms with Crippen molar-refractivity contribution < 1.29 is 99.8 Å². The van der Waals surface area contributed by atoms with Gasteiger partial charge in [0.25, 0.3) is 0 Å². The molecule has 21 nitrogen and oxygen atoms in total. The van der Waals surface area contributed by atoms with Crippen LogP contribution in [0.3, 0.4) is 0 Å². The van der Waals surface area contributed by atoms with E-state index < -0.39 is 0 Å².